The van der Waals surface area contributed by atoms with E-state index in [1.54, 1.807) is 31.0 Å². The van der Waals surface area contributed by atoms with Gasteiger partial charge in [-0.25, -0.2) is 4.98 Å². The molecule has 0 saturated heterocycles. The molecule has 0 unspecified atom stereocenters. The summed E-state index contributed by atoms with van der Waals surface area (Å²) in [6, 6.07) is 9.56. The van der Waals surface area contributed by atoms with Crippen LogP contribution < -0.4 is 10.5 Å². The fourth-order valence-corrected chi connectivity index (χ4v) is 4.35. The van der Waals surface area contributed by atoms with E-state index in [1.807, 2.05) is 31.3 Å². The minimum atomic E-state index is -0.126. The summed E-state index contributed by atoms with van der Waals surface area (Å²) in [6.45, 7) is 0. The van der Waals surface area contributed by atoms with E-state index in [1.165, 1.54) is 0 Å². The van der Waals surface area contributed by atoms with Crippen molar-refractivity contribution in [3.8, 4) is 11.1 Å². The smallest absolute Gasteiger partial charge is 0.259 e. The molecule has 0 bridgehead atoms. The highest BCUT2D eigenvalue weighted by molar-refractivity contribution is 6.33. The second-order valence-corrected chi connectivity index (χ2v) is 8.04. The Balaban J connectivity index is 0.00000256. The molecule has 0 spiro atoms. The number of aryl methyl sites for hydroxylation is 1. The molecule has 3 aromatic rings. The molecule has 1 aromatic carbocycles. The number of halogens is 2. The normalized spacial score (nSPS) is 18.8. The van der Waals surface area contributed by atoms with E-state index in [9.17, 15) is 4.79 Å². The number of ether oxygens (including phenoxy) is 1. The van der Waals surface area contributed by atoms with Crippen LogP contribution in [0.15, 0.2) is 41.3 Å². The van der Waals surface area contributed by atoms with Crippen LogP contribution in [0.1, 0.15) is 25.7 Å². The predicted molar refractivity (Wildman–Crippen MR) is 124 cm³/mol. The molecule has 2 aromatic heterocycles. The van der Waals surface area contributed by atoms with Crippen molar-refractivity contribution in [2.75, 3.05) is 19.1 Å². The number of fused-ring (bicyclic) bond motifs is 1. The van der Waals surface area contributed by atoms with Crippen molar-refractivity contribution in [2.24, 2.45) is 7.05 Å². The lowest BCUT2D eigenvalue weighted by molar-refractivity contribution is 0.0659. The van der Waals surface area contributed by atoms with Crippen molar-refractivity contribution < 1.29 is 4.74 Å². The molecule has 2 heterocycles. The Labute approximate surface area is 187 Å². The van der Waals surface area contributed by atoms with Crippen LogP contribution in [0.4, 0.5) is 5.95 Å². The molecular weight excluding hydrogens is 423 g/mol. The van der Waals surface area contributed by atoms with Gasteiger partial charge < -0.3 is 9.64 Å². The van der Waals surface area contributed by atoms with Gasteiger partial charge in [0.25, 0.3) is 5.56 Å². The second-order valence-electron chi connectivity index (χ2n) is 7.63. The second kappa shape index (κ2) is 9.33. The largest absolute Gasteiger partial charge is 0.381 e. The number of hydrogen-bond donors (Lipinski definition) is 0. The summed E-state index contributed by atoms with van der Waals surface area (Å²) in [5.41, 5.74) is 1.76. The number of anilines is 1. The lowest BCUT2D eigenvalue weighted by Crippen LogP contribution is -2.37. The van der Waals surface area contributed by atoms with E-state index in [4.69, 9.17) is 21.3 Å². The first-order chi connectivity index (χ1) is 14.0. The Bertz CT molecular complexity index is 1090. The molecular formula is C22H26Cl2N4O2. The molecule has 1 aliphatic carbocycles. The summed E-state index contributed by atoms with van der Waals surface area (Å²) in [5, 5.41) is 1.36. The first kappa shape index (κ1) is 22.5. The monoisotopic (exact) mass is 448 g/mol. The number of rotatable bonds is 4. The zero-order chi connectivity index (χ0) is 20.5. The van der Waals surface area contributed by atoms with E-state index in [0.717, 1.165) is 31.1 Å². The van der Waals surface area contributed by atoms with Crippen molar-refractivity contribution >= 4 is 41.0 Å². The highest BCUT2D eigenvalue weighted by Crippen LogP contribution is 2.29. The van der Waals surface area contributed by atoms with Crippen molar-refractivity contribution in [1.82, 2.24) is 14.5 Å². The van der Waals surface area contributed by atoms with E-state index in [-0.39, 0.29) is 18.0 Å². The zero-order valence-corrected chi connectivity index (χ0v) is 18.9. The van der Waals surface area contributed by atoms with Crippen molar-refractivity contribution in [3.63, 3.8) is 0 Å². The lowest BCUT2D eigenvalue weighted by atomic mass is 9.92. The maximum atomic E-state index is 13.0. The van der Waals surface area contributed by atoms with E-state index in [2.05, 4.69) is 9.88 Å². The van der Waals surface area contributed by atoms with Crippen LogP contribution in [0.3, 0.4) is 0 Å². The maximum absolute atomic E-state index is 13.0. The third-order valence-corrected chi connectivity index (χ3v) is 6.27. The molecule has 0 atom stereocenters. The standard InChI is InChI=1S/C22H25ClN4O2.ClH/c1-26(15-8-10-16(29-3)11-9-15)22-24-13-14-12-18(17-6-4-5-7-19(17)23)21(28)27(2)20(14)25-22;/h4-7,12-13,15-16H,8-11H2,1-3H3;1H. The van der Waals surface area contributed by atoms with Gasteiger partial charge in [0, 0.05) is 55.0 Å². The molecule has 0 aliphatic heterocycles. The van der Waals surface area contributed by atoms with Gasteiger partial charge in [-0.2, -0.15) is 4.98 Å². The van der Waals surface area contributed by atoms with Crippen LogP contribution in [-0.2, 0) is 11.8 Å². The van der Waals surface area contributed by atoms with Crippen LogP contribution in [0.5, 0.6) is 0 Å². The summed E-state index contributed by atoms with van der Waals surface area (Å²) in [4.78, 5) is 24.4. The van der Waals surface area contributed by atoms with Crippen molar-refractivity contribution in [2.45, 2.75) is 37.8 Å². The summed E-state index contributed by atoms with van der Waals surface area (Å²) in [6.07, 6.45) is 6.30. The minimum Gasteiger partial charge on any atom is -0.381 e. The van der Waals surface area contributed by atoms with Gasteiger partial charge in [-0.05, 0) is 37.8 Å². The van der Waals surface area contributed by atoms with Crippen LogP contribution in [0.25, 0.3) is 22.2 Å². The topological polar surface area (TPSA) is 60.2 Å². The molecule has 30 heavy (non-hydrogen) atoms. The number of methoxy groups -OCH3 is 1. The molecule has 0 N–H and O–H groups in total. The molecule has 160 valence electrons. The van der Waals surface area contributed by atoms with Gasteiger partial charge in [0.05, 0.1) is 6.10 Å². The summed E-state index contributed by atoms with van der Waals surface area (Å²) < 4.78 is 7.05. The average Bonchev–Trinajstić information content (AvgIpc) is 2.76. The summed E-state index contributed by atoms with van der Waals surface area (Å²) in [5.74, 6) is 0.638. The molecule has 0 amide bonds. The van der Waals surface area contributed by atoms with E-state index in [0.29, 0.717) is 39.9 Å². The number of nitrogens with zero attached hydrogens (tertiary/aromatic N) is 4. The SMILES string of the molecule is COC1CCC(N(C)c2ncc3cc(-c4ccccc4Cl)c(=O)n(C)c3n2)CC1.Cl. The van der Waals surface area contributed by atoms with Gasteiger partial charge in [0.1, 0.15) is 5.65 Å². The molecule has 6 nitrogen and oxygen atoms in total. The van der Waals surface area contributed by atoms with Gasteiger partial charge >= 0.3 is 0 Å². The van der Waals surface area contributed by atoms with Crippen molar-refractivity contribution in [3.05, 3.63) is 51.9 Å². The molecule has 1 saturated carbocycles. The number of hydrogen-bond acceptors (Lipinski definition) is 5. The van der Waals surface area contributed by atoms with Gasteiger partial charge in [-0.3, -0.25) is 9.36 Å². The Kier molecular flexibility index (Phi) is 7.01. The van der Waals surface area contributed by atoms with Gasteiger partial charge in [-0.1, -0.05) is 29.8 Å². The molecule has 4 rings (SSSR count). The van der Waals surface area contributed by atoms with E-state index >= 15 is 0 Å². The third-order valence-electron chi connectivity index (χ3n) is 5.94. The average molecular weight is 449 g/mol. The zero-order valence-electron chi connectivity index (χ0n) is 17.3. The van der Waals surface area contributed by atoms with Crippen molar-refractivity contribution in [1.29, 1.82) is 0 Å². The lowest BCUT2D eigenvalue weighted by Gasteiger charge is -2.34. The Morgan fingerprint density at radius 1 is 1.17 bits per heavy atom. The van der Waals surface area contributed by atoms with Crippen LogP contribution >= 0.6 is 24.0 Å². The molecule has 0 radical (unpaired) electrons. The van der Waals surface area contributed by atoms with Crippen LogP contribution in [0.2, 0.25) is 5.02 Å². The molecule has 8 heteroatoms. The first-order valence-corrected chi connectivity index (χ1v) is 10.2. The fourth-order valence-electron chi connectivity index (χ4n) is 4.11. The fraction of sp³-hybridized carbons (Fsp3) is 0.409. The highest BCUT2D eigenvalue weighted by Gasteiger charge is 2.25. The number of aromatic nitrogens is 3. The van der Waals surface area contributed by atoms with Gasteiger partial charge in [0.15, 0.2) is 0 Å². The minimum absolute atomic E-state index is 0. The maximum Gasteiger partial charge on any atom is 0.259 e. The number of benzene rings is 1. The third kappa shape index (κ3) is 4.17. The van der Waals surface area contributed by atoms with Gasteiger partial charge in [-0.15, -0.1) is 12.4 Å². The Morgan fingerprint density at radius 2 is 1.87 bits per heavy atom. The van der Waals surface area contributed by atoms with Crippen LogP contribution in [0, 0.1) is 0 Å². The predicted octanol–water partition coefficient (Wildman–Crippen LogP) is 4.46. The van der Waals surface area contributed by atoms with Crippen LogP contribution in [-0.4, -0.2) is 40.8 Å². The summed E-state index contributed by atoms with van der Waals surface area (Å²) >= 11 is 6.31. The highest BCUT2D eigenvalue weighted by atomic mass is 35.5. The number of pyridine rings is 1. The summed E-state index contributed by atoms with van der Waals surface area (Å²) in [7, 11) is 5.54. The van der Waals surface area contributed by atoms with Gasteiger partial charge in [0.2, 0.25) is 5.95 Å². The Hall–Kier alpha value is -2.15. The Morgan fingerprint density at radius 3 is 2.53 bits per heavy atom. The van der Waals surface area contributed by atoms with E-state index < -0.39 is 0 Å². The quantitative estimate of drug-likeness (QED) is 0.589. The first-order valence-electron chi connectivity index (χ1n) is 9.87. The molecule has 1 aliphatic rings. The molecule has 1 fully saturated rings.